The Labute approximate surface area is 204 Å². The molecule has 0 spiro atoms. The first-order valence-electron chi connectivity index (χ1n) is 11.4. The van der Waals surface area contributed by atoms with Gasteiger partial charge in [-0.2, -0.15) is 5.10 Å². The molecule has 2 aromatic carbocycles. The number of benzene rings is 2. The third-order valence-corrected chi connectivity index (χ3v) is 6.11. The minimum atomic E-state index is -0.125. The molecule has 0 fully saturated rings. The van der Waals surface area contributed by atoms with Crippen LogP contribution in [0.5, 0.6) is 17.2 Å². The minimum Gasteiger partial charge on any atom is -0.493 e. The molecule has 0 radical (unpaired) electrons. The predicted molar refractivity (Wildman–Crippen MR) is 136 cm³/mol. The SMILES string of the molecule is COc1cc(NC(=O)CCc2c(C)nc3c(-c4ccccc4)c(C)nn3c2C)cc(OC)c1OC. The molecule has 35 heavy (non-hydrogen) atoms. The van der Waals surface area contributed by atoms with Gasteiger partial charge in [0.2, 0.25) is 11.7 Å². The first kappa shape index (κ1) is 24.1. The largest absolute Gasteiger partial charge is 0.493 e. The number of aryl methyl sites for hydroxylation is 3. The topological polar surface area (TPSA) is 87.0 Å². The van der Waals surface area contributed by atoms with Crippen LogP contribution in [0.2, 0.25) is 0 Å². The fraction of sp³-hybridized carbons (Fsp3) is 0.296. The summed E-state index contributed by atoms with van der Waals surface area (Å²) in [5.74, 6) is 1.31. The van der Waals surface area contributed by atoms with Crippen LogP contribution in [-0.2, 0) is 11.2 Å². The summed E-state index contributed by atoms with van der Waals surface area (Å²) < 4.78 is 18.0. The number of ether oxygens (including phenoxy) is 3. The minimum absolute atomic E-state index is 0.125. The Morgan fingerprint density at radius 2 is 1.60 bits per heavy atom. The molecule has 0 aliphatic carbocycles. The normalized spacial score (nSPS) is 10.9. The number of hydrogen-bond acceptors (Lipinski definition) is 6. The van der Waals surface area contributed by atoms with Gasteiger partial charge in [-0.25, -0.2) is 9.50 Å². The summed E-state index contributed by atoms with van der Waals surface area (Å²) in [6.45, 7) is 6.00. The summed E-state index contributed by atoms with van der Waals surface area (Å²) >= 11 is 0. The zero-order valence-electron chi connectivity index (χ0n) is 20.9. The zero-order chi connectivity index (χ0) is 25.1. The van der Waals surface area contributed by atoms with Crippen molar-refractivity contribution < 1.29 is 19.0 Å². The number of aromatic nitrogens is 3. The van der Waals surface area contributed by atoms with E-state index in [0.29, 0.717) is 29.4 Å². The molecule has 0 aliphatic heterocycles. The van der Waals surface area contributed by atoms with Crippen molar-refractivity contribution >= 4 is 17.2 Å². The number of fused-ring (bicyclic) bond motifs is 1. The lowest BCUT2D eigenvalue weighted by molar-refractivity contribution is -0.116. The molecule has 4 aromatic rings. The van der Waals surface area contributed by atoms with E-state index in [1.165, 1.54) is 21.3 Å². The van der Waals surface area contributed by atoms with Gasteiger partial charge in [-0.3, -0.25) is 4.79 Å². The van der Waals surface area contributed by atoms with Gasteiger partial charge in [0.15, 0.2) is 17.1 Å². The van der Waals surface area contributed by atoms with E-state index in [4.69, 9.17) is 24.3 Å². The lowest BCUT2D eigenvalue weighted by atomic mass is 10.0. The number of nitrogens with zero attached hydrogens (tertiary/aromatic N) is 3. The maximum absolute atomic E-state index is 12.8. The lowest BCUT2D eigenvalue weighted by Crippen LogP contribution is -2.14. The molecule has 0 saturated heterocycles. The van der Waals surface area contributed by atoms with Gasteiger partial charge in [0.25, 0.3) is 0 Å². The second-order valence-electron chi connectivity index (χ2n) is 8.29. The molecule has 0 bridgehead atoms. The fourth-order valence-corrected chi connectivity index (χ4v) is 4.39. The maximum atomic E-state index is 12.8. The number of methoxy groups -OCH3 is 3. The molecule has 1 amide bonds. The molecule has 1 N–H and O–H groups in total. The Hall–Kier alpha value is -4.07. The molecule has 182 valence electrons. The van der Waals surface area contributed by atoms with E-state index in [0.717, 1.165) is 39.4 Å². The average molecular weight is 475 g/mol. The highest BCUT2D eigenvalue weighted by molar-refractivity contribution is 5.91. The van der Waals surface area contributed by atoms with Crippen molar-refractivity contribution in [3.8, 4) is 28.4 Å². The van der Waals surface area contributed by atoms with E-state index in [1.54, 1.807) is 12.1 Å². The summed E-state index contributed by atoms with van der Waals surface area (Å²) in [6, 6.07) is 13.6. The van der Waals surface area contributed by atoms with E-state index < -0.39 is 0 Å². The Bertz CT molecular complexity index is 1350. The van der Waals surface area contributed by atoms with Crippen LogP contribution in [0.4, 0.5) is 5.69 Å². The smallest absolute Gasteiger partial charge is 0.224 e. The summed E-state index contributed by atoms with van der Waals surface area (Å²) in [5.41, 5.74) is 7.33. The molecule has 2 aromatic heterocycles. The molecular formula is C27H30N4O4. The van der Waals surface area contributed by atoms with Crippen LogP contribution in [-0.4, -0.2) is 41.8 Å². The van der Waals surface area contributed by atoms with Crippen LogP contribution >= 0.6 is 0 Å². The number of anilines is 1. The number of hydrogen-bond donors (Lipinski definition) is 1. The van der Waals surface area contributed by atoms with Gasteiger partial charge in [-0.15, -0.1) is 0 Å². The van der Waals surface area contributed by atoms with Gasteiger partial charge in [0.05, 0.1) is 27.0 Å². The number of carbonyl (C=O) groups excluding carboxylic acids is 1. The van der Waals surface area contributed by atoms with E-state index >= 15 is 0 Å². The highest BCUT2D eigenvalue weighted by Crippen LogP contribution is 2.40. The van der Waals surface area contributed by atoms with Crippen molar-refractivity contribution in [1.29, 1.82) is 0 Å². The monoisotopic (exact) mass is 474 g/mol. The summed E-state index contributed by atoms with van der Waals surface area (Å²) in [4.78, 5) is 17.7. The fourth-order valence-electron chi connectivity index (χ4n) is 4.39. The van der Waals surface area contributed by atoms with Crippen molar-refractivity contribution in [2.45, 2.75) is 33.6 Å². The van der Waals surface area contributed by atoms with Crippen LogP contribution in [0.25, 0.3) is 16.8 Å². The van der Waals surface area contributed by atoms with Gasteiger partial charge in [0, 0.05) is 41.2 Å². The molecule has 0 atom stereocenters. The van der Waals surface area contributed by atoms with Crippen molar-refractivity contribution in [2.24, 2.45) is 0 Å². The Balaban J connectivity index is 1.56. The standard InChI is InChI=1S/C27H30N4O4/c1-16-21(12-13-24(32)29-20-14-22(33-4)26(35-6)23(15-20)34-5)18(3)31-27(28-16)25(17(2)30-31)19-10-8-7-9-11-19/h7-11,14-15H,12-13H2,1-6H3,(H,29,32). The first-order chi connectivity index (χ1) is 16.9. The number of rotatable bonds is 8. The lowest BCUT2D eigenvalue weighted by Gasteiger charge is -2.15. The molecule has 4 rings (SSSR count). The summed E-state index contributed by atoms with van der Waals surface area (Å²) in [7, 11) is 4.62. The molecule has 0 unspecified atom stereocenters. The maximum Gasteiger partial charge on any atom is 0.224 e. The first-order valence-corrected chi connectivity index (χ1v) is 11.4. The molecule has 2 heterocycles. The second kappa shape index (κ2) is 10.0. The zero-order valence-corrected chi connectivity index (χ0v) is 20.9. The van der Waals surface area contributed by atoms with E-state index in [-0.39, 0.29) is 12.3 Å². The highest BCUT2D eigenvalue weighted by Gasteiger charge is 2.19. The van der Waals surface area contributed by atoms with Crippen LogP contribution in [0.1, 0.15) is 29.1 Å². The van der Waals surface area contributed by atoms with Gasteiger partial charge >= 0.3 is 0 Å². The Morgan fingerprint density at radius 3 is 2.20 bits per heavy atom. The number of amides is 1. The van der Waals surface area contributed by atoms with Gasteiger partial charge in [0.1, 0.15) is 0 Å². The van der Waals surface area contributed by atoms with E-state index in [1.807, 2.05) is 43.5 Å². The summed E-state index contributed by atoms with van der Waals surface area (Å²) in [6.07, 6.45) is 0.827. The average Bonchev–Trinajstić information content (AvgIpc) is 3.19. The van der Waals surface area contributed by atoms with Crippen LogP contribution < -0.4 is 19.5 Å². The van der Waals surface area contributed by atoms with Crippen molar-refractivity contribution in [3.05, 3.63) is 65.1 Å². The Morgan fingerprint density at radius 1 is 0.943 bits per heavy atom. The quantitative estimate of drug-likeness (QED) is 0.390. The van der Waals surface area contributed by atoms with Crippen LogP contribution in [0.15, 0.2) is 42.5 Å². The molecule has 8 nitrogen and oxygen atoms in total. The third kappa shape index (κ3) is 4.64. The van der Waals surface area contributed by atoms with Crippen molar-refractivity contribution in [2.75, 3.05) is 26.6 Å². The molecule has 0 saturated carbocycles. The number of carbonyl (C=O) groups is 1. The number of nitrogens with one attached hydrogen (secondary N) is 1. The predicted octanol–water partition coefficient (Wildman–Crippen LogP) is 4.92. The second-order valence-corrected chi connectivity index (χ2v) is 8.29. The highest BCUT2D eigenvalue weighted by atomic mass is 16.5. The molecule has 8 heteroatoms. The van der Waals surface area contributed by atoms with Crippen LogP contribution in [0.3, 0.4) is 0 Å². The van der Waals surface area contributed by atoms with Crippen molar-refractivity contribution in [3.63, 3.8) is 0 Å². The van der Waals surface area contributed by atoms with Crippen molar-refractivity contribution in [1.82, 2.24) is 14.6 Å². The van der Waals surface area contributed by atoms with E-state index in [2.05, 4.69) is 17.4 Å². The van der Waals surface area contributed by atoms with Gasteiger partial charge in [-0.1, -0.05) is 30.3 Å². The summed E-state index contributed by atoms with van der Waals surface area (Å²) in [5, 5.41) is 7.68. The van der Waals surface area contributed by atoms with E-state index in [9.17, 15) is 4.79 Å². The Kier molecular flexibility index (Phi) is 6.91. The van der Waals surface area contributed by atoms with Gasteiger partial charge < -0.3 is 19.5 Å². The van der Waals surface area contributed by atoms with Crippen LogP contribution in [0, 0.1) is 20.8 Å². The molecule has 0 aliphatic rings. The third-order valence-electron chi connectivity index (χ3n) is 6.11. The van der Waals surface area contributed by atoms with Gasteiger partial charge in [-0.05, 0) is 38.3 Å². The molecular weight excluding hydrogens is 444 g/mol.